The summed E-state index contributed by atoms with van der Waals surface area (Å²) in [5.41, 5.74) is 0.639. The van der Waals surface area contributed by atoms with Crippen LogP contribution in [0.25, 0.3) is 0 Å². The third-order valence-corrected chi connectivity index (χ3v) is 0.773. The molecule has 0 aliphatic carbocycles. The van der Waals surface area contributed by atoms with Crippen molar-refractivity contribution in [3.63, 3.8) is 0 Å². The van der Waals surface area contributed by atoms with E-state index in [2.05, 4.69) is 5.10 Å². The first-order chi connectivity index (χ1) is 3.35. The van der Waals surface area contributed by atoms with Gasteiger partial charge in [0.1, 0.15) is 0 Å². The molecule has 0 aliphatic rings. The molecular weight excluding hydrogens is 92.1 g/mol. The van der Waals surface area contributed by atoms with E-state index in [0.717, 1.165) is 6.42 Å². The van der Waals surface area contributed by atoms with Gasteiger partial charge in [0.2, 0.25) is 0 Å². The van der Waals surface area contributed by atoms with E-state index >= 15 is 0 Å². The van der Waals surface area contributed by atoms with Gasteiger partial charge >= 0.3 is 0 Å². The van der Waals surface area contributed by atoms with Crippen LogP contribution in [0.3, 0.4) is 0 Å². The van der Waals surface area contributed by atoms with Crippen LogP contribution < -0.4 is 5.84 Å². The molecule has 0 bridgehead atoms. The molecule has 0 fully saturated rings. The molecule has 0 rings (SSSR count). The molecule has 3 nitrogen and oxygen atoms in total. The number of rotatable bonds is 2. The molecule has 0 aliphatic heterocycles. The Morgan fingerprint density at radius 3 is 2.43 bits per heavy atom. The van der Waals surface area contributed by atoms with E-state index in [1.54, 1.807) is 0 Å². The SMILES string of the molecule is CCC(CO)=NN. The fourth-order valence-corrected chi connectivity index (χ4v) is 0.244. The fraction of sp³-hybridized carbons (Fsp3) is 0.750. The minimum Gasteiger partial charge on any atom is -0.390 e. The predicted octanol–water partition coefficient (Wildman–Crippen LogP) is -0.297. The van der Waals surface area contributed by atoms with Crippen molar-refractivity contribution < 1.29 is 5.11 Å². The summed E-state index contributed by atoms with van der Waals surface area (Å²) in [6.45, 7) is 1.87. The van der Waals surface area contributed by atoms with E-state index in [0.29, 0.717) is 5.71 Å². The highest BCUT2D eigenvalue weighted by molar-refractivity contribution is 5.84. The van der Waals surface area contributed by atoms with Crippen molar-refractivity contribution in [2.75, 3.05) is 6.61 Å². The smallest absolute Gasteiger partial charge is 0.0831 e. The molecule has 3 heteroatoms. The molecule has 0 amide bonds. The first-order valence-electron chi connectivity index (χ1n) is 2.21. The third-order valence-electron chi connectivity index (χ3n) is 0.773. The zero-order chi connectivity index (χ0) is 5.70. The van der Waals surface area contributed by atoms with Crippen LogP contribution in [0.4, 0.5) is 0 Å². The minimum absolute atomic E-state index is 0.0208. The van der Waals surface area contributed by atoms with Gasteiger partial charge in [-0.1, -0.05) is 6.92 Å². The van der Waals surface area contributed by atoms with Crippen molar-refractivity contribution in [2.45, 2.75) is 13.3 Å². The van der Waals surface area contributed by atoms with Crippen LogP contribution in [0.15, 0.2) is 5.10 Å². The number of hydrazone groups is 1. The molecule has 0 radical (unpaired) electrons. The second-order valence-corrected chi connectivity index (χ2v) is 1.21. The van der Waals surface area contributed by atoms with Crippen molar-refractivity contribution >= 4 is 5.71 Å². The molecular formula is C4H10N2O. The molecule has 0 spiro atoms. The first kappa shape index (κ1) is 6.43. The molecule has 42 valence electrons. The first-order valence-corrected chi connectivity index (χ1v) is 2.21. The molecule has 0 unspecified atom stereocenters. The van der Waals surface area contributed by atoms with Gasteiger partial charge < -0.3 is 10.9 Å². The quantitative estimate of drug-likeness (QED) is 0.286. The van der Waals surface area contributed by atoms with E-state index in [-0.39, 0.29) is 6.61 Å². The molecule has 0 aromatic rings. The van der Waals surface area contributed by atoms with Gasteiger partial charge in [-0.3, -0.25) is 0 Å². The summed E-state index contributed by atoms with van der Waals surface area (Å²) in [5, 5.41) is 11.6. The van der Waals surface area contributed by atoms with Gasteiger partial charge in [-0.05, 0) is 6.42 Å². The van der Waals surface area contributed by atoms with Crippen molar-refractivity contribution in [2.24, 2.45) is 10.9 Å². The highest BCUT2D eigenvalue weighted by Gasteiger charge is 1.87. The maximum absolute atomic E-state index is 8.32. The van der Waals surface area contributed by atoms with Crippen LogP contribution in [0.2, 0.25) is 0 Å². The predicted molar refractivity (Wildman–Crippen MR) is 29.0 cm³/mol. The van der Waals surface area contributed by atoms with E-state index in [1.807, 2.05) is 6.92 Å². The Kier molecular flexibility index (Phi) is 3.32. The van der Waals surface area contributed by atoms with Crippen molar-refractivity contribution in [1.82, 2.24) is 0 Å². The van der Waals surface area contributed by atoms with Crippen LogP contribution in [-0.4, -0.2) is 17.4 Å². The Morgan fingerprint density at radius 2 is 2.43 bits per heavy atom. The lowest BCUT2D eigenvalue weighted by atomic mass is 10.3. The number of nitrogens with zero attached hydrogens (tertiary/aromatic N) is 1. The van der Waals surface area contributed by atoms with E-state index < -0.39 is 0 Å². The molecule has 0 aromatic heterocycles. The second-order valence-electron chi connectivity index (χ2n) is 1.21. The molecule has 0 atom stereocenters. The Labute approximate surface area is 42.8 Å². The topological polar surface area (TPSA) is 58.6 Å². The second kappa shape index (κ2) is 3.61. The van der Waals surface area contributed by atoms with E-state index in [4.69, 9.17) is 10.9 Å². The van der Waals surface area contributed by atoms with Gasteiger partial charge in [-0.25, -0.2) is 0 Å². The van der Waals surface area contributed by atoms with Crippen LogP contribution >= 0.6 is 0 Å². The maximum atomic E-state index is 8.32. The number of hydrogen-bond acceptors (Lipinski definition) is 3. The summed E-state index contributed by atoms with van der Waals surface area (Å²) in [7, 11) is 0. The molecule has 0 heterocycles. The van der Waals surface area contributed by atoms with Crippen molar-refractivity contribution in [3.05, 3.63) is 0 Å². The van der Waals surface area contributed by atoms with Crippen LogP contribution in [-0.2, 0) is 0 Å². The lowest BCUT2D eigenvalue weighted by Gasteiger charge is -1.90. The Bertz CT molecular complexity index is 64.1. The number of hydrogen-bond donors (Lipinski definition) is 2. The van der Waals surface area contributed by atoms with Gasteiger partial charge in [-0.15, -0.1) is 0 Å². The molecule has 7 heavy (non-hydrogen) atoms. The standard InChI is InChI=1S/C4H10N2O/c1-2-4(3-7)6-5/h7H,2-3,5H2,1H3. The maximum Gasteiger partial charge on any atom is 0.0831 e. The number of nitrogens with two attached hydrogens (primary N) is 1. The van der Waals surface area contributed by atoms with Crippen LogP contribution in [0.1, 0.15) is 13.3 Å². The monoisotopic (exact) mass is 102 g/mol. The summed E-state index contributed by atoms with van der Waals surface area (Å²) in [4.78, 5) is 0. The zero-order valence-electron chi connectivity index (χ0n) is 4.39. The lowest BCUT2D eigenvalue weighted by Crippen LogP contribution is -2.04. The molecule has 3 N–H and O–H groups in total. The van der Waals surface area contributed by atoms with Crippen molar-refractivity contribution in [3.8, 4) is 0 Å². The normalized spacial score (nSPS) is 12.0. The minimum atomic E-state index is -0.0208. The van der Waals surface area contributed by atoms with Gasteiger partial charge in [0, 0.05) is 0 Å². The summed E-state index contributed by atoms with van der Waals surface area (Å²) >= 11 is 0. The van der Waals surface area contributed by atoms with E-state index in [9.17, 15) is 0 Å². The highest BCUT2D eigenvalue weighted by Crippen LogP contribution is 1.78. The lowest BCUT2D eigenvalue weighted by molar-refractivity contribution is 0.355. The number of aliphatic hydroxyl groups is 1. The van der Waals surface area contributed by atoms with Gasteiger partial charge in [0.05, 0.1) is 12.3 Å². The molecule has 0 saturated carbocycles. The zero-order valence-corrected chi connectivity index (χ0v) is 4.39. The van der Waals surface area contributed by atoms with E-state index in [1.165, 1.54) is 0 Å². The Balaban J connectivity index is 3.38. The van der Waals surface area contributed by atoms with Gasteiger partial charge in [0.25, 0.3) is 0 Å². The summed E-state index contributed by atoms with van der Waals surface area (Å²) < 4.78 is 0. The average molecular weight is 102 g/mol. The summed E-state index contributed by atoms with van der Waals surface area (Å²) in [6.07, 6.45) is 0.729. The van der Waals surface area contributed by atoms with Gasteiger partial charge in [0.15, 0.2) is 0 Å². The van der Waals surface area contributed by atoms with Crippen LogP contribution in [0, 0.1) is 0 Å². The molecule has 0 aromatic carbocycles. The Morgan fingerprint density at radius 1 is 1.86 bits per heavy atom. The fourth-order valence-electron chi connectivity index (χ4n) is 0.244. The average Bonchev–Trinajstić information content (AvgIpc) is 1.72. The molecule has 0 saturated heterocycles. The van der Waals surface area contributed by atoms with Gasteiger partial charge in [-0.2, -0.15) is 5.10 Å². The van der Waals surface area contributed by atoms with Crippen LogP contribution in [0.5, 0.6) is 0 Å². The Hall–Kier alpha value is -0.570. The highest BCUT2D eigenvalue weighted by atomic mass is 16.3. The third kappa shape index (κ3) is 2.17. The number of aliphatic hydroxyl groups excluding tert-OH is 1. The van der Waals surface area contributed by atoms with Crippen molar-refractivity contribution in [1.29, 1.82) is 0 Å². The summed E-state index contributed by atoms with van der Waals surface area (Å²) in [5.74, 6) is 4.82. The summed E-state index contributed by atoms with van der Waals surface area (Å²) in [6, 6.07) is 0. The largest absolute Gasteiger partial charge is 0.390 e.